The summed E-state index contributed by atoms with van der Waals surface area (Å²) in [5.41, 5.74) is 5.30. The van der Waals surface area contributed by atoms with Crippen molar-refractivity contribution < 1.29 is 9.72 Å². The molecule has 0 fully saturated rings. The van der Waals surface area contributed by atoms with Crippen LogP contribution in [0.25, 0.3) is 22.4 Å². The molecule has 142 valence electrons. The van der Waals surface area contributed by atoms with Gasteiger partial charge in [0.25, 0.3) is 11.6 Å². The van der Waals surface area contributed by atoms with Gasteiger partial charge in [0, 0.05) is 11.6 Å². The van der Waals surface area contributed by atoms with Crippen LogP contribution in [0.5, 0.6) is 0 Å². The molecule has 8 heteroatoms. The van der Waals surface area contributed by atoms with E-state index >= 15 is 0 Å². The molecule has 0 aliphatic carbocycles. The zero-order valence-electron chi connectivity index (χ0n) is 15.1. The summed E-state index contributed by atoms with van der Waals surface area (Å²) < 4.78 is 0. The summed E-state index contributed by atoms with van der Waals surface area (Å²) in [5.74, 6) is 0.121. The number of amides is 1. The van der Waals surface area contributed by atoms with E-state index in [4.69, 9.17) is 0 Å². The molecule has 8 nitrogen and oxygen atoms in total. The highest BCUT2D eigenvalue weighted by molar-refractivity contribution is 6.01. The van der Waals surface area contributed by atoms with Crippen LogP contribution >= 0.6 is 0 Å². The van der Waals surface area contributed by atoms with Gasteiger partial charge in [-0.2, -0.15) is 5.10 Å². The monoisotopic (exact) mass is 385 g/mol. The Morgan fingerprint density at radius 1 is 1.03 bits per heavy atom. The number of rotatable bonds is 5. The number of aromatic nitrogens is 2. The Hall–Kier alpha value is -4.33. The fourth-order valence-corrected chi connectivity index (χ4v) is 2.95. The average molecular weight is 385 g/mol. The van der Waals surface area contributed by atoms with E-state index in [2.05, 4.69) is 20.5 Å². The molecule has 1 amide bonds. The number of hydrazone groups is 1. The number of para-hydroxylation sites is 3. The third-order valence-corrected chi connectivity index (χ3v) is 4.32. The molecule has 0 aliphatic rings. The van der Waals surface area contributed by atoms with Crippen molar-refractivity contribution in [2.75, 3.05) is 0 Å². The second-order valence-electron chi connectivity index (χ2n) is 6.16. The fourth-order valence-electron chi connectivity index (χ4n) is 2.95. The number of hydrogen-bond acceptors (Lipinski definition) is 5. The Morgan fingerprint density at radius 2 is 1.76 bits per heavy atom. The maximum absolute atomic E-state index is 12.7. The van der Waals surface area contributed by atoms with Gasteiger partial charge in [-0.25, -0.2) is 10.4 Å². The van der Waals surface area contributed by atoms with E-state index in [-0.39, 0.29) is 5.69 Å². The SMILES string of the molecule is O=C(N/N=C/c1ccccc1[N+](=O)[O-])c1ccccc1-c1nc2ccccc2[nH]1. The molecular formula is C21H15N5O3. The van der Waals surface area contributed by atoms with E-state index in [0.29, 0.717) is 22.5 Å². The predicted octanol–water partition coefficient (Wildman–Crippen LogP) is 3.90. The standard InChI is InChI=1S/C21H15N5O3/c27-21(25-22-13-14-7-1-6-12-19(14)26(28)29)16-9-3-2-8-15(16)20-23-17-10-4-5-11-18(17)24-20/h1-13H,(H,23,24)(H,25,27)/b22-13+. The first-order chi connectivity index (χ1) is 14.1. The molecule has 29 heavy (non-hydrogen) atoms. The van der Waals surface area contributed by atoms with Gasteiger partial charge in [-0.05, 0) is 24.3 Å². The molecule has 0 saturated carbocycles. The second kappa shape index (κ2) is 7.73. The quantitative estimate of drug-likeness (QED) is 0.308. The van der Waals surface area contributed by atoms with E-state index in [1.54, 1.807) is 36.4 Å². The number of nitro benzene ring substituents is 1. The fraction of sp³-hybridized carbons (Fsp3) is 0. The molecule has 1 aromatic heterocycles. The van der Waals surface area contributed by atoms with Gasteiger partial charge in [-0.1, -0.05) is 42.5 Å². The number of nitro groups is 1. The highest BCUT2D eigenvalue weighted by atomic mass is 16.6. The number of H-pyrrole nitrogens is 1. The lowest BCUT2D eigenvalue weighted by molar-refractivity contribution is -0.385. The topological polar surface area (TPSA) is 113 Å². The van der Waals surface area contributed by atoms with Gasteiger partial charge in [0.2, 0.25) is 0 Å². The average Bonchev–Trinajstić information content (AvgIpc) is 3.18. The van der Waals surface area contributed by atoms with Crippen LogP contribution in [0, 0.1) is 10.1 Å². The molecule has 4 aromatic rings. The molecular weight excluding hydrogens is 370 g/mol. The molecule has 0 unspecified atom stereocenters. The molecule has 1 heterocycles. The number of benzene rings is 3. The minimum atomic E-state index is -0.500. The molecule has 3 aromatic carbocycles. The van der Waals surface area contributed by atoms with Crippen LogP contribution in [0.15, 0.2) is 77.9 Å². The zero-order valence-corrected chi connectivity index (χ0v) is 15.1. The second-order valence-corrected chi connectivity index (χ2v) is 6.16. The van der Waals surface area contributed by atoms with Gasteiger partial charge in [-0.3, -0.25) is 14.9 Å². The lowest BCUT2D eigenvalue weighted by Gasteiger charge is -2.05. The van der Waals surface area contributed by atoms with Gasteiger partial charge in [0.05, 0.1) is 33.3 Å². The summed E-state index contributed by atoms with van der Waals surface area (Å²) in [5, 5.41) is 14.9. The van der Waals surface area contributed by atoms with E-state index in [1.807, 2.05) is 30.3 Å². The van der Waals surface area contributed by atoms with Crippen LogP contribution in [-0.4, -0.2) is 27.0 Å². The number of fused-ring (bicyclic) bond motifs is 1. The Labute approximate surface area is 165 Å². The first-order valence-electron chi connectivity index (χ1n) is 8.74. The minimum absolute atomic E-state index is 0.0897. The summed E-state index contributed by atoms with van der Waals surface area (Å²) in [4.78, 5) is 31.0. The van der Waals surface area contributed by atoms with Crippen LogP contribution in [0.2, 0.25) is 0 Å². The van der Waals surface area contributed by atoms with Crippen molar-refractivity contribution in [3.8, 4) is 11.4 Å². The van der Waals surface area contributed by atoms with Crippen molar-refractivity contribution in [2.24, 2.45) is 5.10 Å². The van der Waals surface area contributed by atoms with Crippen LogP contribution in [-0.2, 0) is 0 Å². The van der Waals surface area contributed by atoms with E-state index in [1.165, 1.54) is 12.3 Å². The van der Waals surface area contributed by atoms with Crippen molar-refractivity contribution in [1.82, 2.24) is 15.4 Å². The molecule has 0 aliphatic heterocycles. The molecule has 0 spiro atoms. The largest absolute Gasteiger partial charge is 0.338 e. The molecule has 2 N–H and O–H groups in total. The molecule has 0 bridgehead atoms. The predicted molar refractivity (Wildman–Crippen MR) is 110 cm³/mol. The number of nitrogens with zero attached hydrogens (tertiary/aromatic N) is 3. The van der Waals surface area contributed by atoms with Gasteiger partial charge >= 0.3 is 0 Å². The number of aromatic amines is 1. The van der Waals surface area contributed by atoms with Crippen LogP contribution < -0.4 is 5.43 Å². The van der Waals surface area contributed by atoms with Crippen molar-refractivity contribution in [3.63, 3.8) is 0 Å². The molecule has 4 rings (SSSR count). The smallest absolute Gasteiger partial charge is 0.278 e. The number of carbonyl (C=O) groups is 1. The number of imidazole rings is 1. The maximum Gasteiger partial charge on any atom is 0.278 e. The van der Waals surface area contributed by atoms with Crippen molar-refractivity contribution in [1.29, 1.82) is 0 Å². The van der Waals surface area contributed by atoms with Gasteiger partial charge in [0.1, 0.15) is 5.82 Å². The Morgan fingerprint density at radius 3 is 2.59 bits per heavy atom. The summed E-state index contributed by atoms with van der Waals surface area (Å²) in [7, 11) is 0. The van der Waals surface area contributed by atoms with Crippen LogP contribution in [0.1, 0.15) is 15.9 Å². The van der Waals surface area contributed by atoms with Crippen LogP contribution in [0.3, 0.4) is 0 Å². The third-order valence-electron chi connectivity index (χ3n) is 4.32. The molecule has 0 saturated heterocycles. The first kappa shape index (κ1) is 18.1. The normalized spacial score (nSPS) is 11.0. The van der Waals surface area contributed by atoms with Gasteiger partial charge in [0.15, 0.2) is 0 Å². The van der Waals surface area contributed by atoms with Crippen molar-refractivity contribution in [2.45, 2.75) is 0 Å². The van der Waals surface area contributed by atoms with Crippen molar-refractivity contribution in [3.05, 3.63) is 94.0 Å². The Kier molecular flexibility index (Phi) is 4.81. The van der Waals surface area contributed by atoms with E-state index in [9.17, 15) is 14.9 Å². The van der Waals surface area contributed by atoms with E-state index in [0.717, 1.165) is 11.0 Å². The van der Waals surface area contributed by atoms with Gasteiger partial charge in [-0.15, -0.1) is 0 Å². The minimum Gasteiger partial charge on any atom is -0.338 e. The summed E-state index contributed by atoms with van der Waals surface area (Å²) >= 11 is 0. The van der Waals surface area contributed by atoms with Crippen molar-refractivity contribution >= 4 is 28.8 Å². The lowest BCUT2D eigenvalue weighted by Crippen LogP contribution is -2.18. The van der Waals surface area contributed by atoms with E-state index < -0.39 is 10.8 Å². The van der Waals surface area contributed by atoms with Gasteiger partial charge < -0.3 is 4.98 Å². The Balaban J connectivity index is 1.60. The first-order valence-corrected chi connectivity index (χ1v) is 8.74. The number of carbonyl (C=O) groups excluding carboxylic acids is 1. The molecule has 0 radical (unpaired) electrons. The summed E-state index contributed by atoms with van der Waals surface area (Å²) in [6.07, 6.45) is 1.25. The third kappa shape index (κ3) is 3.72. The number of hydrogen-bond donors (Lipinski definition) is 2. The summed E-state index contributed by atoms with van der Waals surface area (Å²) in [6, 6.07) is 20.8. The highest BCUT2D eigenvalue weighted by Crippen LogP contribution is 2.24. The summed E-state index contributed by atoms with van der Waals surface area (Å²) in [6.45, 7) is 0. The van der Waals surface area contributed by atoms with Crippen LogP contribution in [0.4, 0.5) is 5.69 Å². The zero-order chi connectivity index (χ0) is 20.2. The number of nitrogens with one attached hydrogen (secondary N) is 2. The lowest BCUT2D eigenvalue weighted by atomic mass is 10.1. The Bertz CT molecular complexity index is 1210. The maximum atomic E-state index is 12.7. The highest BCUT2D eigenvalue weighted by Gasteiger charge is 2.15. The molecule has 0 atom stereocenters.